The second-order valence-corrected chi connectivity index (χ2v) is 9.47. The minimum absolute atomic E-state index is 0. The maximum atomic E-state index is 12.6. The van der Waals surface area contributed by atoms with Gasteiger partial charge in [-0.15, -0.1) is 24.0 Å². The fraction of sp³-hybridized carbons (Fsp3) is 0.667. The molecule has 1 aromatic carbocycles. The SMILES string of the molecule is CN=C(NCCCOc1cccc(OC)c1)NC1CC2CCC(C1)N2C(=O)OC(C)(C)C.I. The first-order valence-corrected chi connectivity index (χ1v) is 11.5. The summed E-state index contributed by atoms with van der Waals surface area (Å²) in [5.74, 6) is 2.39. The van der Waals surface area contributed by atoms with Crippen LogP contribution in [-0.4, -0.2) is 68.0 Å². The maximum absolute atomic E-state index is 12.6. The average Bonchev–Trinajstić information content (AvgIpc) is 3.02. The Morgan fingerprint density at radius 1 is 1.18 bits per heavy atom. The molecule has 1 amide bonds. The van der Waals surface area contributed by atoms with E-state index in [9.17, 15) is 4.79 Å². The molecule has 2 saturated heterocycles. The quantitative estimate of drug-likeness (QED) is 0.220. The third-order valence-corrected chi connectivity index (χ3v) is 5.83. The lowest BCUT2D eigenvalue weighted by Gasteiger charge is -2.40. The van der Waals surface area contributed by atoms with Crippen LogP contribution in [0.25, 0.3) is 0 Å². The summed E-state index contributed by atoms with van der Waals surface area (Å²) in [7, 11) is 3.43. The highest BCUT2D eigenvalue weighted by Crippen LogP contribution is 2.36. The number of carbonyl (C=O) groups excluding carboxylic acids is 1. The Balaban J connectivity index is 0.00000385. The van der Waals surface area contributed by atoms with Crippen molar-refractivity contribution >= 4 is 36.0 Å². The fourth-order valence-electron chi connectivity index (χ4n) is 4.46. The molecule has 186 valence electrons. The molecule has 3 rings (SSSR count). The number of hydrogen-bond donors (Lipinski definition) is 2. The molecule has 2 fully saturated rings. The van der Waals surface area contributed by atoms with Crippen LogP contribution < -0.4 is 20.1 Å². The maximum Gasteiger partial charge on any atom is 0.410 e. The number of amides is 1. The summed E-state index contributed by atoms with van der Waals surface area (Å²) >= 11 is 0. The van der Waals surface area contributed by atoms with Crippen molar-refractivity contribution in [2.75, 3.05) is 27.3 Å². The molecule has 2 aliphatic heterocycles. The van der Waals surface area contributed by atoms with Crippen molar-refractivity contribution in [3.8, 4) is 11.5 Å². The number of methoxy groups -OCH3 is 1. The first-order chi connectivity index (χ1) is 15.3. The van der Waals surface area contributed by atoms with Crippen LogP contribution in [0, 0.1) is 0 Å². The third kappa shape index (κ3) is 8.12. The van der Waals surface area contributed by atoms with Crippen LogP contribution in [0.15, 0.2) is 29.3 Å². The van der Waals surface area contributed by atoms with Crippen LogP contribution in [0.2, 0.25) is 0 Å². The summed E-state index contributed by atoms with van der Waals surface area (Å²) in [5, 5.41) is 6.91. The molecule has 0 aliphatic carbocycles. The summed E-state index contributed by atoms with van der Waals surface area (Å²) < 4.78 is 16.6. The number of hydrogen-bond acceptors (Lipinski definition) is 5. The van der Waals surface area contributed by atoms with Crippen LogP contribution in [0.5, 0.6) is 11.5 Å². The normalized spacial score (nSPS) is 22.3. The molecule has 0 radical (unpaired) electrons. The van der Waals surface area contributed by atoms with Gasteiger partial charge in [-0.05, 0) is 65.0 Å². The van der Waals surface area contributed by atoms with E-state index in [-0.39, 0.29) is 42.2 Å². The number of ether oxygens (including phenoxy) is 3. The average molecular weight is 575 g/mol. The van der Waals surface area contributed by atoms with Crippen LogP contribution in [0.4, 0.5) is 4.79 Å². The van der Waals surface area contributed by atoms with Crippen molar-refractivity contribution in [2.45, 2.75) is 76.6 Å². The van der Waals surface area contributed by atoms with Crippen molar-refractivity contribution in [3.63, 3.8) is 0 Å². The molecular formula is C24H39IN4O4. The predicted molar refractivity (Wildman–Crippen MR) is 141 cm³/mol. The number of piperidine rings is 1. The molecule has 2 bridgehead atoms. The molecule has 2 atom stereocenters. The number of aliphatic imine (C=N–C) groups is 1. The van der Waals surface area contributed by atoms with Gasteiger partial charge in [0.05, 0.1) is 13.7 Å². The first kappa shape index (κ1) is 27.3. The Kier molecular flexibility index (Phi) is 10.4. The molecule has 0 aromatic heterocycles. The van der Waals surface area contributed by atoms with Crippen molar-refractivity contribution in [1.29, 1.82) is 0 Å². The number of halogens is 1. The van der Waals surface area contributed by atoms with Crippen molar-refractivity contribution < 1.29 is 19.0 Å². The summed E-state index contributed by atoms with van der Waals surface area (Å²) in [6.07, 6.45) is 4.57. The Bertz CT molecular complexity index is 785. The smallest absolute Gasteiger partial charge is 0.410 e. The zero-order valence-corrected chi connectivity index (χ0v) is 22.8. The lowest BCUT2D eigenvalue weighted by Crippen LogP contribution is -2.55. The van der Waals surface area contributed by atoms with Gasteiger partial charge in [0.25, 0.3) is 0 Å². The van der Waals surface area contributed by atoms with Gasteiger partial charge in [0.2, 0.25) is 0 Å². The van der Waals surface area contributed by atoms with E-state index in [1.165, 1.54) is 0 Å². The van der Waals surface area contributed by atoms with E-state index in [0.717, 1.165) is 56.1 Å². The van der Waals surface area contributed by atoms with Gasteiger partial charge in [-0.3, -0.25) is 4.99 Å². The van der Waals surface area contributed by atoms with E-state index in [0.29, 0.717) is 12.6 Å². The minimum Gasteiger partial charge on any atom is -0.497 e. The highest BCUT2D eigenvalue weighted by molar-refractivity contribution is 14.0. The predicted octanol–water partition coefficient (Wildman–Crippen LogP) is 4.18. The van der Waals surface area contributed by atoms with E-state index in [1.54, 1.807) is 14.2 Å². The highest BCUT2D eigenvalue weighted by Gasteiger charge is 2.45. The van der Waals surface area contributed by atoms with Gasteiger partial charge in [-0.1, -0.05) is 6.07 Å². The Labute approximate surface area is 214 Å². The van der Waals surface area contributed by atoms with Crippen LogP contribution in [0.3, 0.4) is 0 Å². The molecule has 33 heavy (non-hydrogen) atoms. The fourth-order valence-corrected chi connectivity index (χ4v) is 4.46. The lowest BCUT2D eigenvalue weighted by atomic mass is 9.98. The number of nitrogens with zero attached hydrogens (tertiary/aromatic N) is 2. The zero-order chi connectivity index (χ0) is 23.1. The molecule has 0 saturated carbocycles. The van der Waals surface area contributed by atoms with Crippen LogP contribution >= 0.6 is 24.0 Å². The van der Waals surface area contributed by atoms with Gasteiger partial charge >= 0.3 is 6.09 Å². The summed E-state index contributed by atoms with van der Waals surface area (Å²) in [6.45, 7) is 7.11. The van der Waals surface area contributed by atoms with Gasteiger partial charge in [-0.25, -0.2) is 4.79 Å². The molecule has 9 heteroatoms. The van der Waals surface area contributed by atoms with E-state index in [2.05, 4.69) is 15.6 Å². The van der Waals surface area contributed by atoms with Crippen LogP contribution in [0.1, 0.15) is 52.9 Å². The largest absolute Gasteiger partial charge is 0.497 e. The molecule has 2 aliphatic rings. The summed E-state index contributed by atoms with van der Waals surface area (Å²) in [4.78, 5) is 19.0. The molecular weight excluding hydrogens is 535 g/mol. The molecule has 2 unspecified atom stereocenters. The topological polar surface area (TPSA) is 84.4 Å². The highest BCUT2D eigenvalue weighted by atomic mass is 127. The standard InChI is InChI=1S/C24H38N4O4.HI/c1-24(2,3)32-23(29)28-18-10-11-19(28)15-17(14-18)27-22(25-4)26-12-7-13-31-21-9-6-8-20(16-21)30-5;/h6,8-9,16-19H,7,10-15H2,1-5H3,(H2,25,26,27);1H. The first-order valence-electron chi connectivity index (χ1n) is 11.5. The summed E-state index contributed by atoms with van der Waals surface area (Å²) in [5.41, 5.74) is -0.464. The number of benzene rings is 1. The van der Waals surface area contributed by atoms with Gasteiger partial charge in [0.15, 0.2) is 5.96 Å². The van der Waals surface area contributed by atoms with Crippen molar-refractivity contribution in [1.82, 2.24) is 15.5 Å². The third-order valence-electron chi connectivity index (χ3n) is 5.83. The molecule has 0 spiro atoms. The minimum atomic E-state index is -0.464. The van der Waals surface area contributed by atoms with Crippen molar-refractivity contribution in [3.05, 3.63) is 24.3 Å². The number of guanidine groups is 1. The van der Waals surface area contributed by atoms with Gasteiger partial charge in [0, 0.05) is 37.8 Å². The lowest BCUT2D eigenvalue weighted by molar-refractivity contribution is 0.00545. The van der Waals surface area contributed by atoms with E-state index < -0.39 is 5.60 Å². The summed E-state index contributed by atoms with van der Waals surface area (Å²) in [6, 6.07) is 8.38. The molecule has 1 aromatic rings. The Hall–Kier alpha value is -1.91. The monoisotopic (exact) mass is 574 g/mol. The van der Waals surface area contributed by atoms with Gasteiger partial charge in [-0.2, -0.15) is 0 Å². The van der Waals surface area contributed by atoms with E-state index >= 15 is 0 Å². The number of fused-ring (bicyclic) bond motifs is 2. The Morgan fingerprint density at radius 2 is 1.85 bits per heavy atom. The van der Waals surface area contributed by atoms with Crippen LogP contribution in [-0.2, 0) is 4.74 Å². The second-order valence-electron chi connectivity index (χ2n) is 9.47. The van der Waals surface area contributed by atoms with E-state index in [4.69, 9.17) is 14.2 Å². The molecule has 2 N–H and O–H groups in total. The number of carbonyl (C=O) groups is 1. The number of rotatable bonds is 7. The van der Waals surface area contributed by atoms with Crippen molar-refractivity contribution in [2.24, 2.45) is 4.99 Å². The second kappa shape index (κ2) is 12.5. The zero-order valence-electron chi connectivity index (χ0n) is 20.4. The van der Waals surface area contributed by atoms with Gasteiger partial charge in [0.1, 0.15) is 17.1 Å². The Morgan fingerprint density at radius 3 is 2.45 bits per heavy atom. The molecule has 2 heterocycles. The molecule has 8 nitrogen and oxygen atoms in total. The van der Waals surface area contributed by atoms with E-state index in [1.807, 2.05) is 49.9 Å². The number of nitrogens with one attached hydrogen (secondary N) is 2. The van der Waals surface area contributed by atoms with Gasteiger partial charge < -0.3 is 29.7 Å².